The second-order valence-electron chi connectivity index (χ2n) is 28.4. The molecule has 7 heterocycles. The number of phenols is 2. The first kappa shape index (κ1) is 81.3. The maximum atomic E-state index is 16.3. The molecule has 0 radical (unpaired) electrons. The van der Waals surface area contributed by atoms with E-state index in [4.69, 9.17) is 52.6 Å². The molecular formula is C76H92Cl2N8O22. The van der Waals surface area contributed by atoms with Crippen molar-refractivity contribution < 1.29 is 108 Å². The fourth-order valence-electron chi connectivity index (χ4n) is 14.0. The van der Waals surface area contributed by atoms with Crippen LogP contribution in [0.5, 0.6) is 46.0 Å². The Bertz CT molecular complexity index is 4190. The third-order valence-electron chi connectivity index (χ3n) is 20.0. The highest BCUT2D eigenvalue weighted by atomic mass is 35.5. The number of fused-ring (bicyclic) bond motifs is 15. The van der Waals surface area contributed by atoms with E-state index in [0.29, 0.717) is 32.4 Å². The third-order valence-corrected chi connectivity index (χ3v) is 20.6. The van der Waals surface area contributed by atoms with Crippen molar-refractivity contribution in [2.45, 2.75) is 171 Å². The summed E-state index contributed by atoms with van der Waals surface area (Å²) in [5.41, 5.74) is 4.12. The van der Waals surface area contributed by atoms with E-state index in [9.17, 15) is 55.2 Å². The minimum Gasteiger partial charge on any atom is -0.507 e. The van der Waals surface area contributed by atoms with Gasteiger partial charge in [0.15, 0.2) is 23.1 Å². The Labute approximate surface area is 632 Å². The monoisotopic (exact) mass is 1540 g/mol. The van der Waals surface area contributed by atoms with E-state index in [2.05, 4.69) is 33.5 Å². The predicted octanol–water partition coefficient (Wildman–Crippen LogP) is 5.72. The maximum Gasteiger partial charge on any atom is 0.412 e. The molecule has 14 atom stereocenters. The molecule has 5 aromatic carbocycles. The highest BCUT2D eigenvalue weighted by Gasteiger charge is 2.47. The highest BCUT2D eigenvalue weighted by Crippen LogP contribution is 2.50. The van der Waals surface area contributed by atoms with Gasteiger partial charge in [0.25, 0.3) is 0 Å². The van der Waals surface area contributed by atoms with Crippen LogP contribution in [0.1, 0.15) is 156 Å². The van der Waals surface area contributed by atoms with E-state index >= 15 is 28.8 Å². The zero-order chi connectivity index (χ0) is 78.1. The number of ether oxygens (including phenoxy) is 5. The summed E-state index contributed by atoms with van der Waals surface area (Å²) in [7, 11) is 1.84. The summed E-state index contributed by atoms with van der Waals surface area (Å²) in [5, 5.41) is 106. The van der Waals surface area contributed by atoms with Gasteiger partial charge < -0.3 is 107 Å². The summed E-state index contributed by atoms with van der Waals surface area (Å²) in [4.78, 5) is 138. The van der Waals surface area contributed by atoms with Crippen molar-refractivity contribution in [2.24, 2.45) is 23.5 Å². The molecule has 30 nitrogen and oxygen atoms in total. The number of aliphatic hydroxyl groups excluding tert-OH is 6. The van der Waals surface area contributed by atoms with E-state index in [-0.39, 0.29) is 91.8 Å². The summed E-state index contributed by atoms with van der Waals surface area (Å²) in [6.07, 6.45) is -11.5. The van der Waals surface area contributed by atoms with Gasteiger partial charge in [-0.2, -0.15) is 0 Å². The molecule has 0 saturated carbocycles. The SMILES string of the molecule is CCCCCCCCNC(=O)Oc1cc(O)c2c(c1)[C@@H](C(=O)N1CCN(C)CC1)NC(=O)[C@H]1NC(=O)[C@H](CC(=O)[C@@H]3NC(=O)[C@H](CC(N)=O)CC(=O)[C@H](NC(=O)[C@H](CC)CC(C)C)[C@H](O)c4ccc(c(Cl)c4)Oc4cc3cc(c4O[C@@H]3O[C@H](CO)[C@@H](O)[C@H](O)[C@H]3O)Oc3ccc(cc3Cl)[C@H]1O)c1ccc(O)c-2c1. The first-order valence-electron chi connectivity index (χ1n) is 36.1. The average Bonchev–Trinajstić information content (AvgIpc) is 0.761. The number of benzene rings is 5. The Kier molecular flexibility index (Phi) is 27.0. The van der Waals surface area contributed by atoms with Crippen molar-refractivity contribution in [2.75, 3.05) is 46.4 Å². The van der Waals surface area contributed by atoms with Crippen LogP contribution in [0.15, 0.2) is 78.9 Å². The number of rotatable bonds is 19. The van der Waals surface area contributed by atoms with E-state index in [0.717, 1.165) is 62.4 Å². The number of carbonyl (C=O) groups excluding carboxylic acids is 9. The van der Waals surface area contributed by atoms with Gasteiger partial charge >= 0.3 is 6.09 Å². The van der Waals surface area contributed by atoms with Crippen LogP contribution in [-0.4, -0.2) is 193 Å². The van der Waals surface area contributed by atoms with Crippen LogP contribution in [0.4, 0.5) is 4.79 Å². The number of phenolic OH excluding ortho intramolecular Hbond substituents is 2. The van der Waals surface area contributed by atoms with Crippen LogP contribution in [0.3, 0.4) is 0 Å². The van der Waals surface area contributed by atoms with Gasteiger partial charge in [-0.3, -0.25) is 38.4 Å². The normalized spacial score (nSPS) is 25.1. The number of ketones is 2. The number of unbranched alkanes of at least 4 members (excludes halogenated alkanes) is 5. The molecule has 7 amide bonds. The molecular weight excluding hydrogens is 1450 g/mol. The van der Waals surface area contributed by atoms with Crippen molar-refractivity contribution in [3.8, 4) is 57.1 Å². The number of hydrogen-bond donors (Lipinski definition) is 14. The number of primary amides is 1. The largest absolute Gasteiger partial charge is 0.507 e. The van der Waals surface area contributed by atoms with Gasteiger partial charge in [-0.05, 0) is 115 Å². The average molecular weight is 1540 g/mol. The van der Waals surface area contributed by atoms with Crippen LogP contribution in [0.2, 0.25) is 10.0 Å². The number of likely N-dealkylation sites (N-methyl/N-ethyl adjacent to an activating group) is 1. The van der Waals surface area contributed by atoms with E-state index in [1.54, 1.807) is 6.92 Å². The van der Waals surface area contributed by atoms with Crippen molar-refractivity contribution >= 4 is 76.3 Å². The second kappa shape index (κ2) is 35.9. The maximum absolute atomic E-state index is 16.3. The first-order chi connectivity index (χ1) is 51.5. The number of hydrogen-bond acceptors (Lipinski definition) is 23. The number of Topliss-reactive ketones (excluding diaryl/α,β-unsaturated/α-hetero) is 2. The number of halogens is 2. The van der Waals surface area contributed by atoms with E-state index in [1.165, 1.54) is 53.4 Å². The summed E-state index contributed by atoms with van der Waals surface area (Å²) < 4.78 is 31.1. The van der Waals surface area contributed by atoms with Crippen molar-refractivity contribution in [3.63, 3.8) is 0 Å². The zero-order valence-electron chi connectivity index (χ0n) is 60.2. The smallest absolute Gasteiger partial charge is 0.412 e. The Balaban J connectivity index is 1.20. The Morgan fingerprint density at radius 1 is 0.685 bits per heavy atom. The minimum atomic E-state index is -2.18. The predicted molar refractivity (Wildman–Crippen MR) is 389 cm³/mol. The van der Waals surface area contributed by atoms with E-state index in [1.807, 2.05) is 25.8 Å². The molecule has 0 aliphatic carbocycles. The molecule has 32 heteroatoms. The zero-order valence-corrected chi connectivity index (χ0v) is 61.7. The number of nitrogens with zero attached hydrogens (tertiary/aromatic N) is 2. The summed E-state index contributed by atoms with van der Waals surface area (Å²) in [6, 6.07) is 7.18. The third kappa shape index (κ3) is 18.9. The second-order valence-corrected chi connectivity index (χ2v) is 29.2. The molecule has 0 spiro atoms. The molecule has 11 bridgehead atoms. The van der Waals surface area contributed by atoms with Gasteiger partial charge in [0, 0.05) is 75.1 Å². The molecule has 2 fully saturated rings. The Hall–Kier alpha value is -9.21. The van der Waals surface area contributed by atoms with Gasteiger partial charge in [0.2, 0.25) is 47.5 Å². The molecule has 582 valence electrons. The van der Waals surface area contributed by atoms with Crippen LogP contribution >= 0.6 is 23.2 Å². The number of aliphatic hydroxyl groups is 6. The fraction of sp³-hybridized carbons (Fsp3) is 0.487. The lowest BCUT2D eigenvalue weighted by Crippen LogP contribution is -2.60. The van der Waals surface area contributed by atoms with Gasteiger partial charge in [-0.25, -0.2) is 4.79 Å². The summed E-state index contributed by atoms with van der Waals surface area (Å²) in [5.74, 6) is -16.8. The Morgan fingerprint density at radius 3 is 1.94 bits per heavy atom. The van der Waals surface area contributed by atoms with Crippen LogP contribution in [-0.2, 0) is 43.1 Å². The number of carbonyl (C=O) groups is 9. The molecule has 2 saturated heterocycles. The molecule has 7 aliphatic heterocycles. The molecule has 108 heavy (non-hydrogen) atoms. The van der Waals surface area contributed by atoms with Gasteiger partial charge in [0.05, 0.1) is 28.5 Å². The standard InChI is InChI=1S/C76H92Cl2N8O22/c1-6-8-9-10-11-12-19-80-76(103)104-43-32-46-59(50(89)33-43)45-25-38(13-16-49(45)88)44-34-52(91)60-41-29-55(105-53-17-14-39(26-47(53)77)64(93)62(83-70(98)37(7-2)24-36(3)4)51(90)28-42(31-58(79)92)71(99)81-60)69(108-75-68(97)67(96)66(95)57(35-87)107-75)56(30-41)106-54-18-15-40(27-48(54)78)65(94)63(84-72(44)100)73(101)82-61(46)74(102)86-22-20-85(5)21-23-86/h13-18,25-27,29-30,32-33,36-37,42,44,57,60-68,75,87-89,93-97H,6-12,19-24,28,31,34-35H2,1-5H3,(H2,79,92)(H,80,103)(H,81,99)(H,82,101)(H,83,98)(H,84,100)/t37-,42+,44-,57-,60-,61+,62+,63+,64-,65-,66-,67+,68-,75+/m1/s1. The summed E-state index contributed by atoms with van der Waals surface area (Å²) >= 11 is 14.2. The van der Waals surface area contributed by atoms with E-state index < -0.39 is 193 Å². The van der Waals surface area contributed by atoms with Crippen LogP contribution < -0.4 is 51.3 Å². The lowest BCUT2D eigenvalue weighted by molar-refractivity contribution is -0.277. The highest BCUT2D eigenvalue weighted by molar-refractivity contribution is 6.32. The first-order valence-corrected chi connectivity index (χ1v) is 36.9. The lowest BCUT2D eigenvalue weighted by Gasteiger charge is -2.39. The molecule has 12 rings (SSSR count). The van der Waals surface area contributed by atoms with Crippen LogP contribution in [0, 0.1) is 17.8 Å². The molecule has 0 aromatic heterocycles. The van der Waals surface area contributed by atoms with Crippen molar-refractivity contribution in [1.82, 2.24) is 36.4 Å². The van der Waals surface area contributed by atoms with Crippen molar-refractivity contribution in [3.05, 3.63) is 117 Å². The molecule has 0 unspecified atom stereocenters. The quantitative estimate of drug-likeness (QED) is 0.0440. The number of nitrogens with one attached hydrogen (secondary N) is 5. The van der Waals surface area contributed by atoms with Gasteiger partial charge in [-0.1, -0.05) is 101 Å². The van der Waals surface area contributed by atoms with Gasteiger partial charge in [-0.15, -0.1) is 0 Å². The topological polar surface area (TPSA) is 454 Å². The number of piperazine rings is 1. The van der Waals surface area contributed by atoms with Gasteiger partial charge in [0.1, 0.15) is 89.5 Å². The minimum absolute atomic E-state index is 0.00355. The number of amides is 7. The molecule has 15 N–H and O–H groups in total. The van der Waals surface area contributed by atoms with Crippen molar-refractivity contribution in [1.29, 1.82) is 0 Å². The number of nitrogens with two attached hydrogens (primary N) is 1. The molecule has 7 aliphatic rings. The molecule has 5 aromatic rings. The number of aromatic hydroxyl groups is 2. The summed E-state index contributed by atoms with van der Waals surface area (Å²) in [6.45, 7) is 7.86. The fourth-order valence-corrected chi connectivity index (χ4v) is 14.4. The Morgan fingerprint density at radius 2 is 1.32 bits per heavy atom. The van der Waals surface area contributed by atoms with Crippen LogP contribution in [0.25, 0.3) is 11.1 Å². The lowest BCUT2D eigenvalue weighted by atomic mass is 9.84.